The summed E-state index contributed by atoms with van der Waals surface area (Å²) in [4.78, 5) is 15.8. The van der Waals surface area contributed by atoms with Crippen LogP contribution in [0.4, 0.5) is 11.5 Å². The zero-order valence-electron chi connectivity index (χ0n) is 9.64. The SMILES string of the molecule is Cc1cc(NC(=O)c2cnn(C)c2)ncc1N. The highest BCUT2D eigenvalue weighted by molar-refractivity contribution is 6.03. The molecule has 0 bridgehead atoms. The first-order valence-electron chi connectivity index (χ1n) is 5.08. The summed E-state index contributed by atoms with van der Waals surface area (Å²) in [5.41, 5.74) is 7.61. The van der Waals surface area contributed by atoms with Crippen molar-refractivity contribution in [2.45, 2.75) is 6.92 Å². The summed E-state index contributed by atoms with van der Waals surface area (Å²) in [7, 11) is 1.75. The number of nitrogens with zero attached hydrogens (tertiary/aromatic N) is 3. The maximum Gasteiger partial charge on any atom is 0.260 e. The van der Waals surface area contributed by atoms with Gasteiger partial charge >= 0.3 is 0 Å². The van der Waals surface area contributed by atoms with Gasteiger partial charge in [-0.25, -0.2) is 4.98 Å². The number of nitrogen functional groups attached to an aromatic ring is 1. The van der Waals surface area contributed by atoms with Gasteiger partial charge in [0, 0.05) is 13.2 Å². The molecular formula is C11H13N5O. The monoisotopic (exact) mass is 231 g/mol. The van der Waals surface area contributed by atoms with Gasteiger partial charge in [0.1, 0.15) is 5.82 Å². The third kappa shape index (κ3) is 2.41. The van der Waals surface area contributed by atoms with Gasteiger partial charge in [-0.15, -0.1) is 0 Å². The Morgan fingerprint density at radius 1 is 1.47 bits per heavy atom. The molecule has 2 heterocycles. The predicted molar refractivity (Wildman–Crippen MR) is 64.5 cm³/mol. The van der Waals surface area contributed by atoms with E-state index in [1.807, 2.05) is 6.92 Å². The van der Waals surface area contributed by atoms with Crippen molar-refractivity contribution < 1.29 is 4.79 Å². The molecule has 2 aromatic rings. The van der Waals surface area contributed by atoms with Crippen molar-refractivity contribution in [1.29, 1.82) is 0 Å². The molecule has 6 nitrogen and oxygen atoms in total. The van der Waals surface area contributed by atoms with E-state index in [9.17, 15) is 4.79 Å². The molecule has 2 rings (SSSR count). The fourth-order valence-electron chi connectivity index (χ4n) is 1.36. The minimum Gasteiger partial charge on any atom is -0.397 e. The molecule has 0 spiro atoms. The van der Waals surface area contributed by atoms with Crippen LogP contribution < -0.4 is 11.1 Å². The van der Waals surface area contributed by atoms with Crippen LogP contribution in [0.25, 0.3) is 0 Å². The van der Waals surface area contributed by atoms with E-state index in [1.165, 1.54) is 12.4 Å². The number of nitrogens with two attached hydrogens (primary N) is 1. The summed E-state index contributed by atoms with van der Waals surface area (Å²) in [6.45, 7) is 1.86. The van der Waals surface area contributed by atoms with Gasteiger partial charge < -0.3 is 11.1 Å². The van der Waals surface area contributed by atoms with Crippen molar-refractivity contribution in [3.05, 3.63) is 35.8 Å². The highest BCUT2D eigenvalue weighted by Crippen LogP contribution is 2.13. The van der Waals surface area contributed by atoms with Gasteiger partial charge in [0.05, 0.1) is 23.6 Å². The van der Waals surface area contributed by atoms with Crippen molar-refractivity contribution >= 4 is 17.4 Å². The number of aromatic nitrogens is 3. The number of hydrogen-bond donors (Lipinski definition) is 2. The molecule has 0 atom stereocenters. The maximum absolute atomic E-state index is 11.8. The minimum atomic E-state index is -0.241. The fraction of sp³-hybridized carbons (Fsp3) is 0.182. The molecule has 0 aliphatic heterocycles. The second kappa shape index (κ2) is 4.25. The summed E-state index contributed by atoms with van der Waals surface area (Å²) in [5.74, 6) is 0.236. The first-order valence-corrected chi connectivity index (χ1v) is 5.08. The zero-order chi connectivity index (χ0) is 12.4. The average molecular weight is 231 g/mol. The number of amides is 1. The number of nitrogens with one attached hydrogen (secondary N) is 1. The quantitative estimate of drug-likeness (QED) is 0.806. The molecule has 88 valence electrons. The third-order valence-corrected chi connectivity index (χ3v) is 2.36. The Kier molecular flexibility index (Phi) is 2.78. The molecule has 0 unspecified atom stereocenters. The van der Waals surface area contributed by atoms with Gasteiger partial charge in [0.25, 0.3) is 5.91 Å². The van der Waals surface area contributed by atoms with E-state index in [1.54, 1.807) is 24.0 Å². The lowest BCUT2D eigenvalue weighted by atomic mass is 10.2. The van der Waals surface area contributed by atoms with Crippen molar-refractivity contribution in [1.82, 2.24) is 14.8 Å². The van der Waals surface area contributed by atoms with E-state index < -0.39 is 0 Å². The number of pyridine rings is 1. The van der Waals surface area contributed by atoms with E-state index in [2.05, 4.69) is 15.4 Å². The van der Waals surface area contributed by atoms with E-state index in [0.717, 1.165) is 5.56 Å². The second-order valence-electron chi connectivity index (χ2n) is 3.78. The number of anilines is 2. The van der Waals surface area contributed by atoms with E-state index >= 15 is 0 Å². The smallest absolute Gasteiger partial charge is 0.260 e. The number of hydrogen-bond acceptors (Lipinski definition) is 4. The Labute approximate surface area is 98.5 Å². The van der Waals surface area contributed by atoms with Gasteiger partial charge in [-0.1, -0.05) is 0 Å². The first kappa shape index (κ1) is 11.1. The van der Waals surface area contributed by atoms with Gasteiger partial charge in [-0.3, -0.25) is 9.48 Å². The molecule has 0 fully saturated rings. The van der Waals surface area contributed by atoms with Crippen molar-refractivity contribution in [2.75, 3.05) is 11.1 Å². The Balaban J connectivity index is 2.15. The molecule has 17 heavy (non-hydrogen) atoms. The maximum atomic E-state index is 11.8. The summed E-state index contributed by atoms with van der Waals surface area (Å²) in [6.07, 6.45) is 4.66. The Bertz CT molecular complexity index is 561. The summed E-state index contributed by atoms with van der Waals surface area (Å²) >= 11 is 0. The van der Waals surface area contributed by atoms with E-state index in [0.29, 0.717) is 17.1 Å². The molecule has 0 aliphatic carbocycles. The molecule has 0 aromatic carbocycles. The summed E-state index contributed by atoms with van der Waals surface area (Å²) in [5, 5.41) is 6.61. The molecule has 2 aromatic heterocycles. The third-order valence-electron chi connectivity index (χ3n) is 2.36. The molecule has 0 radical (unpaired) electrons. The molecule has 0 saturated carbocycles. The van der Waals surface area contributed by atoms with Crippen LogP contribution in [0.2, 0.25) is 0 Å². The van der Waals surface area contributed by atoms with Gasteiger partial charge in [0.2, 0.25) is 0 Å². The van der Waals surface area contributed by atoms with Crippen LogP contribution in [0, 0.1) is 6.92 Å². The number of rotatable bonds is 2. The van der Waals surface area contributed by atoms with Gasteiger partial charge in [0.15, 0.2) is 0 Å². The minimum absolute atomic E-state index is 0.241. The fourth-order valence-corrected chi connectivity index (χ4v) is 1.36. The molecule has 0 saturated heterocycles. The predicted octanol–water partition coefficient (Wildman–Crippen LogP) is 0.958. The Morgan fingerprint density at radius 3 is 2.82 bits per heavy atom. The number of carbonyl (C=O) groups is 1. The van der Waals surface area contributed by atoms with Gasteiger partial charge in [-0.2, -0.15) is 5.10 Å². The van der Waals surface area contributed by atoms with Crippen LogP contribution in [-0.4, -0.2) is 20.7 Å². The zero-order valence-corrected chi connectivity index (χ0v) is 9.64. The summed E-state index contributed by atoms with van der Waals surface area (Å²) in [6, 6.07) is 1.73. The Hall–Kier alpha value is -2.37. The van der Waals surface area contributed by atoms with Crippen LogP contribution in [0.5, 0.6) is 0 Å². The van der Waals surface area contributed by atoms with Crippen LogP contribution >= 0.6 is 0 Å². The van der Waals surface area contributed by atoms with Crippen molar-refractivity contribution in [3.63, 3.8) is 0 Å². The molecule has 1 amide bonds. The first-order chi connectivity index (χ1) is 8.06. The molecule has 6 heteroatoms. The summed E-state index contributed by atoms with van der Waals surface area (Å²) < 4.78 is 1.57. The highest BCUT2D eigenvalue weighted by atomic mass is 16.1. The topological polar surface area (TPSA) is 85.8 Å². The number of carbonyl (C=O) groups excluding carboxylic acids is 1. The van der Waals surface area contributed by atoms with Crippen molar-refractivity contribution in [3.8, 4) is 0 Å². The van der Waals surface area contributed by atoms with Crippen LogP contribution in [0.3, 0.4) is 0 Å². The molecule has 0 aliphatic rings. The van der Waals surface area contributed by atoms with E-state index in [-0.39, 0.29) is 5.91 Å². The number of aryl methyl sites for hydroxylation is 2. The Morgan fingerprint density at radius 2 is 2.24 bits per heavy atom. The van der Waals surface area contributed by atoms with Gasteiger partial charge in [-0.05, 0) is 18.6 Å². The van der Waals surface area contributed by atoms with Crippen molar-refractivity contribution in [2.24, 2.45) is 7.05 Å². The second-order valence-corrected chi connectivity index (χ2v) is 3.78. The highest BCUT2D eigenvalue weighted by Gasteiger charge is 2.09. The standard InChI is InChI=1S/C11H13N5O/c1-7-3-10(13-5-9(7)12)15-11(17)8-4-14-16(2)6-8/h3-6H,12H2,1-2H3,(H,13,15,17). The normalized spacial score (nSPS) is 10.2. The largest absolute Gasteiger partial charge is 0.397 e. The molecular weight excluding hydrogens is 218 g/mol. The molecule has 3 N–H and O–H groups in total. The van der Waals surface area contributed by atoms with Crippen LogP contribution in [0.15, 0.2) is 24.7 Å². The lowest BCUT2D eigenvalue weighted by molar-refractivity contribution is 0.102. The van der Waals surface area contributed by atoms with Crippen LogP contribution in [-0.2, 0) is 7.05 Å². The lowest BCUT2D eigenvalue weighted by Crippen LogP contribution is -2.12. The van der Waals surface area contributed by atoms with Crippen LogP contribution in [0.1, 0.15) is 15.9 Å². The average Bonchev–Trinajstić information content (AvgIpc) is 2.70. The van der Waals surface area contributed by atoms with E-state index in [4.69, 9.17) is 5.73 Å². The lowest BCUT2D eigenvalue weighted by Gasteiger charge is -2.05.